The molecule has 0 radical (unpaired) electrons. The Labute approximate surface area is 175 Å². The van der Waals surface area contributed by atoms with Crippen molar-refractivity contribution in [1.29, 1.82) is 0 Å². The van der Waals surface area contributed by atoms with Gasteiger partial charge >= 0.3 is 0 Å². The third-order valence-corrected chi connectivity index (χ3v) is 5.71. The number of para-hydroxylation sites is 1. The number of carbonyl (C=O) groups is 1. The van der Waals surface area contributed by atoms with Crippen LogP contribution < -0.4 is 4.74 Å². The van der Waals surface area contributed by atoms with Gasteiger partial charge in [-0.25, -0.2) is 0 Å². The van der Waals surface area contributed by atoms with Crippen LogP contribution in [-0.4, -0.2) is 33.9 Å². The van der Waals surface area contributed by atoms with E-state index in [0.717, 1.165) is 28.9 Å². The number of fused-ring (bicyclic) bond motifs is 3. The van der Waals surface area contributed by atoms with Gasteiger partial charge in [0.2, 0.25) is 0 Å². The summed E-state index contributed by atoms with van der Waals surface area (Å²) in [5.41, 5.74) is 5.15. The fourth-order valence-corrected chi connectivity index (χ4v) is 4.37. The van der Waals surface area contributed by atoms with Crippen molar-refractivity contribution in [3.8, 4) is 5.75 Å². The molecule has 0 bridgehead atoms. The van der Waals surface area contributed by atoms with Gasteiger partial charge in [-0.05, 0) is 54.8 Å². The van der Waals surface area contributed by atoms with Crippen molar-refractivity contribution < 1.29 is 9.53 Å². The number of pyridine rings is 1. The van der Waals surface area contributed by atoms with Crippen molar-refractivity contribution >= 4 is 16.8 Å². The molecule has 3 heterocycles. The van der Waals surface area contributed by atoms with E-state index >= 15 is 0 Å². The van der Waals surface area contributed by atoms with E-state index in [1.807, 2.05) is 36.1 Å². The first kappa shape index (κ1) is 18.4. The molecule has 0 aliphatic carbocycles. The molecule has 1 atom stereocenters. The van der Waals surface area contributed by atoms with Gasteiger partial charge in [0.25, 0.3) is 5.91 Å². The summed E-state index contributed by atoms with van der Waals surface area (Å²) >= 11 is 0. The number of aromatic nitrogens is 2. The SMILES string of the molecule is CCOc1ccc(C2c3[nH]c4ccccc4c3CCN2C(=O)c2cccnc2)cc1. The fourth-order valence-electron chi connectivity index (χ4n) is 4.37. The van der Waals surface area contributed by atoms with E-state index in [-0.39, 0.29) is 11.9 Å². The molecule has 2 aromatic heterocycles. The Morgan fingerprint density at radius 3 is 2.73 bits per heavy atom. The first-order chi connectivity index (χ1) is 14.8. The maximum Gasteiger partial charge on any atom is 0.256 e. The smallest absolute Gasteiger partial charge is 0.256 e. The minimum atomic E-state index is -0.190. The molecule has 1 aliphatic heterocycles. The van der Waals surface area contributed by atoms with Crippen LogP contribution in [0.15, 0.2) is 73.1 Å². The standard InChI is InChI=1S/C25H23N3O2/c1-2-30-19-11-9-17(10-12-19)24-23-21(20-7-3-4-8-22(20)27-23)13-15-28(24)25(29)18-6-5-14-26-16-18/h3-12,14,16,24,27H,2,13,15H2,1H3. The zero-order valence-corrected chi connectivity index (χ0v) is 16.8. The molecule has 1 amide bonds. The molecule has 0 saturated carbocycles. The third-order valence-electron chi connectivity index (χ3n) is 5.71. The molecule has 4 aromatic rings. The predicted molar refractivity (Wildman–Crippen MR) is 117 cm³/mol. The van der Waals surface area contributed by atoms with Crippen LogP contribution in [0.2, 0.25) is 0 Å². The van der Waals surface area contributed by atoms with Crippen LogP contribution in [0.4, 0.5) is 0 Å². The molecular weight excluding hydrogens is 374 g/mol. The number of benzene rings is 2. The molecule has 5 heteroatoms. The van der Waals surface area contributed by atoms with Gasteiger partial charge in [-0.3, -0.25) is 9.78 Å². The highest BCUT2D eigenvalue weighted by Crippen LogP contribution is 2.39. The van der Waals surface area contributed by atoms with E-state index in [0.29, 0.717) is 18.7 Å². The summed E-state index contributed by atoms with van der Waals surface area (Å²) in [5, 5.41) is 1.23. The molecule has 150 valence electrons. The van der Waals surface area contributed by atoms with E-state index in [4.69, 9.17) is 4.74 Å². The van der Waals surface area contributed by atoms with Crippen molar-refractivity contribution in [2.24, 2.45) is 0 Å². The first-order valence-electron chi connectivity index (χ1n) is 10.3. The quantitative estimate of drug-likeness (QED) is 0.541. The monoisotopic (exact) mass is 397 g/mol. The van der Waals surface area contributed by atoms with Gasteiger partial charge in [-0.1, -0.05) is 30.3 Å². The van der Waals surface area contributed by atoms with Crippen LogP contribution in [0.5, 0.6) is 5.75 Å². The van der Waals surface area contributed by atoms with Crippen LogP contribution in [-0.2, 0) is 6.42 Å². The van der Waals surface area contributed by atoms with Crippen LogP contribution in [0.25, 0.3) is 10.9 Å². The lowest BCUT2D eigenvalue weighted by Crippen LogP contribution is -2.40. The minimum Gasteiger partial charge on any atom is -0.494 e. The molecule has 5 nitrogen and oxygen atoms in total. The number of nitrogens with one attached hydrogen (secondary N) is 1. The molecule has 0 spiro atoms. The summed E-state index contributed by atoms with van der Waals surface area (Å²) in [6.45, 7) is 3.25. The van der Waals surface area contributed by atoms with E-state index in [2.05, 4.69) is 40.3 Å². The number of H-pyrrole nitrogens is 1. The second kappa shape index (κ2) is 7.67. The van der Waals surface area contributed by atoms with Crippen LogP contribution >= 0.6 is 0 Å². The summed E-state index contributed by atoms with van der Waals surface area (Å²) in [6, 6.07) is 19.8. The Morgan fingerprint density at radius 1 is 1.13 bits per heavy atom. The van der Waals surface area contributed by atoms with Gasteiger partial charge in [0.1, 0.15) is 5.75 Å². The highest BCUT2D eigenvalue weighted by molar-refractivity contribution is 5.95. The molecular formula is C25H23N3O2. The van der Waals surface area contributed by atoms with Gasteiger partial charge in [-0.15, -0.1) is 0 Å². The fraction of sp³-hybridized carbons (Fsp3) is 0.200. The first-order valence-corrected chi connectivity index (χ1v) is 10.3. The number of hydrogen-bond donors (Lipinski definition) is 1. The number of carbonyl (C=O) groups excluding carboxylic acids is 1. The third kappa shape index (κ3) is 3.12. The molecule has 1 N–H and O–H groups in total. The number of rotatable bonds is 4. The number of ether oxygens (including phenoxy) is 1. The summed E-state index contributed by atoms with van der Waals surface area (Å²) in [6.07, 6.45) is 4.14. The van der Waals surface area contributed by atoms with Crippen molar-refractivity contribution in [2.45, 2.75) is 19.4 Å². The van der Waals surface area contributed by atoms with Crippen molar-refractivity contribution in [1.82, 2.24) is 14.9 Å². The van der Waals surface area contributed by atoms with Crippen LogP contribution in [0.3, 0.4) is 0 Å². The molecule has 0 fully saturated rings. The highest BCUT2D eigenvalue weighted by atomic mass is 16.5. The summed E-state index contributed by atoms with van der Waals surface area (Å²) in [7, 11) is 0. The predicted octanol–water partition coefficient (Wildman–Crippen LogP) is 4.75. The Balaban J connectivity index is 1.63. The Bertz CT molecular complexity index is 1180. The average Bonchev–Trinajstić information content (AvgIpc) is 3.18. The van der Waals surface area contributed by atoms with Gasteiger partial charge < -0.3 is 14.6 Å². The average molecular weight is 397 g/mol. The number of amides is 1. The van der Waals surface area contributed by atoms with E-state index in [9.17, 15) is 4.79 Å². The molecule has 5 rings (SSSR count). The number of aromatic amines is 1. The highest BCUT2D eigenvalue weighted by Gasteiger charge is 2.35. The van der Waals surface area contributed by atoms with Gasteiger partial charge in [0.05, 0.1) is 18.2 Å². The van der Waals surface area contributed by atoms with E-state index in [1.165, 1.54) is 10.9 Å². The zero-order valence-electron chi connectivity index (χ0n) is 16.8. The normalized spacial score (nSPS) is 15.8. The minimum absolute atomic E-state index is 0.00806. The zero-order chi connectivity index (χ0) is 20.5. The summed E-state index contributed by atoms with van der Waals surface area (Å²) in [4.78, 5) is 23.1. The Kier molecular flexibility index (Phi) is 4.71. The van der Waals surface area contributed by atoms with Crippen LogP contribution in [0.1, 0.15) is 40.1 Å². The second-order valence-electron chi connectivity index (χ2n) is 7.46. The molecule has 0 saturated heterocycles. The molecule has 30 heavy (non-hydrogen) atoms. The maximum atomic E-state index is 13.4. The lowest BCUT2D eigenvalue weighted by Gasteiger charge is -2.36. The summed E-state index contributed by atoms with van der Waals surface area (Å²) < 4.78 is 5.61. The summed E-state index contributed by atoms with van der Waals surface area (Å²) in [5.74, 6) is 0.824. The molecule has 1 unspecified atom stereocenters. The van der Waals surface area contributed by atoms with Gasteiger partial charge in [0, 0.05) is 35.5 Å². The van der Waals surface area contributed by atoms with Crippen LogP contribution in [0, 0.1) is 0 Å². The number of hydrogen-bond acceptors (Lipinski definition) is 3. The van der Waals surface area contributed by atoms with E-state index in [1.54, 1.807) is 18.5 Å². The number of nitrogens with zero attached hydrogens (tertiary/aromatic N) is 2. The van der Waals surface area contributed by atoms with Crippen molar-refractivity contribution in [2.75, 3.05) is 13.2 Å². The second-order valence-corrected chi connectivity index (χ2v) is 7.46. The maximum absolute atomic E-state index is 13.4. The molecule has 2 aromatic carbocycles. The Hall–Kier alpha value is -3.60. The van der Waals surface area contributed by atoms with Gasteiger partial charge in [0.15, 0.2) is 0 Å². The topological polar surface area (TPSA) is 58.2 Å². The largest absolute Gasteiger partial charge is 0.494 e. The van der Waals surface area contributed by atoms with Gasteiger partial charge in [-0.2, -0.15) is 0 Å². The lowest BCUT2D eigenvalue weighted by molar-refractivity contribution is 0.0691. The molecule has 1 aliphatic rings. The lowest BCUT2D eigenvalue weighted by atomic mass is 9.91. The van der Waals surface area contributed by atoms with Crippen molar-refractivity contribution in [3.63, 3.8) is 0 Å². The van der Waals surface area contributed by atoms with Crippen molar-refractivity contribution in [3.05, 3.63) is 95.4 Å². The Morgan fingerprint density at radius 2 is 1.97 bits per heavy atom. The van der Waals surface area contributed by atoms with E-state index < -0.39 is 0 Å².